The van der Waals surface area contributed by atoms with Crippen molar-refractivity contribution >= 4 is 39.6 Å². The van der Waals surface area contributed by atoms with Crippen LogP contribution >= 0.6 is 15.9 Å². The van der Waals surface area contributed by atoms with E-state index in [0.717, 1.165) is 13.1 Å². The molecule has 3 amide bonds. The summed E-state index contributed by atoms with van der Waals surface area (Å²) in [6.45, 7) is 9.51. The molecule has 8 atom stereocenters. The summed E-state index contributed by atoms with van der Waals surface area (Å²) in [5, 5.41) is 10.7. The van der Waals surface area contributed by atoms with Crippen LogP contribution in [-0.2, 0) is 33.4 Å². The van der Waals surface area contributed by atoms with Crippen molar-refractivity contribution < 1.29 is 38.5 Å². The average molecular weight is 772 g/mol. The monoisotopic (exact) mass is 770 g/mol. The number of likely N-dealkylation sites (tertiary alicyclic amines) is 1. The molecule has 3 fully saturated rings. The number of fused-ring (bicyclic) bond motifs is 2. The normalized spacial score (nSPS) is 33.5. The minimum atomic E-state index is -1.46. The molecule has 0 unspecified atom stereocenters. The topological polar surface area (TPSA) is 129 Å². The third-order valence-electron chi connectivity index (χ3n) is 11.2. The molecule has 3 saturated heterocycles. The lowest BCUT2D eigenvalue weighted by atomic mass is 9.74. The summed E-state index contributed by atoms with van der Waals surface area (Å²) in [7, 11) is 1.71. The Balaban J connectivity index is 1.44. The van der Waals surface area contributed by atoms with Gasteiger partial charge >= 0.3 is 5.97 Å². The number of amides is 3. The molecule has 1 aromatic rings. The van der Waals surface area contributed by atoms with Gasteiger partial charge in [-0.05, 0) is 37.3 Å². The molecule has 51 heavy (non-hydrogen) atoms. The molecule has 0 aromatic heterocycles. The van der Waals surface area contributed by atoms with Gasteiger partial charge in [-0.3, -0.25) is 24.1 Å². The number of hydrogen-bond donors (Lipinski definition) is 1. The predicted molar refractivity (Wildman–Crippen MR) is 192 cm³/mol. The molecule has 5 heterocycles. The third-order valence-corrected chi connectivity index (χ3v) is 11.8. The van der Waals surface area contributed by atoms with Crippen molar-refractivity contribution in [3.05, 3.63) is 58.6 Å². The van der Waals surface area contributed by atoms with Gasteiger partial charge in [-0.1, -0.05) is 72.3 Å². The number of halogens is 1. The van der Waals surface area contributed by atoms with Gasteiger partial charge in [0.25, 0.3) is 0 Å². The zero-order valence-corrected chi connectivity index (χ0v) is 31.6. The second kappa shape index (κ2) is 15.9. The lowest BCUT2D eigenvalue weighted by Gasteiger charge is -2.39. The Labute approximate surface area is 308 Å². The van der Waals surface area contributed by atoms with Crippen LogP contribution in [0.4, 0.5) is 0 Å². The average Bonchev–Trinajstić information content (AvgIpc) is 3.73. The van der Waals surface area contributed by atoms with Crippen LogP contribution < -0.4 is 0 Å². The number of ether oxygens (including phenoxy) is 3. The van der Waals surface area contributed by atoms with E-state index < -0.39 is 59.6 Å². The number of aliphatic hydroxyl groups excluding tert-OH is 1. The van der Waals surface area contributed by atoms with Crippen molar-refractivity contribution in [2.45, 2.75) is 76.0 Å². The number of carbonyl (C=O) groups excluding carboxylic acids is 4. The number of esters is 1. The van der Waals surface area contributed by atoms with Crippen LogP contribution in [-0.4, -0.2) is 138 Å². The second-order valence-electron chi connectivity index (χ2n) is 14.8. The number of hydrogen-bond acceptors (Lipinski definition) is 9. The molecule has 12 nitrogen and oxygen atoms in total. The zero-order chi connectivity index (χ0) is 36.4. The SMILES string of the molecule is CC(C)C[C@H](CO)N1C(=O)[C@@H]2[C@H]3C(=O)O[C@@H](c4ccccc4)[C@H](C)N(C)C(=O)CC/C=C\CN(CCN4CCOCC4)C(=O)[C@@H]1[C@]21C=C(Br)[C@H]3O1. The molecule has 6 rings (SSSR count). The summed E-state index contributed by atoms with van der Waals surface area (Å²) in [6, 6.07) is 6.96. The van der Waals surface area contributed by atoms with Gasteiger partial charge in [-0.15, -0.1) is 0 Å². The number of allylic oxidation sites excluding steroid dienone is 1. The molecular weight excluding hydrogens is 720 g/mol. The Hall–Kier alpha value is -3.10. The van der Waals surface area contributed by atoms with Crippen molar-refractivity contribution in [1.82, 2.24) is 19.6 Å². The van der Waals surface area contributed by atoms with Gasteiger partial charge in [0.2, 0.25) is 17.7 Å². The van der Waals surface area contributed by atoms with E-state index in [4.69, 9.17) is 14.2 Å². The molecule has 1 aromatic carbocycles. The summed E-state index contributed by atoms with van der Waals surface area (Å²) in [5.41, 5.74) is -0.744. The van der Waals surface area contributed by atoms with E-state index in [1.807, 2.05) is 63.3 Å². The number of benzene rings is 1. The van der Waals surface area contributed by atoms with Crippen LogP contribution in [0.2, 0.25) is 0 Å². The third kappa shape index (κ3) is 7.29. The first-order valence-electron chi connectivity index (χ1n) is 18.2. The standard InChI is InChI=1S/C38H51BrN4O8/c1-24(2)21-27(23-44)43-34-36(47)42(16-15-41-17-19-49-20-18-41)14-10-6-9-13-29(45)40(4)25(3)32(26-11-7-5-8-12-26)50-37(48)30-31(35(43)46)38(34)22-28(39)33(30)51-38/h5-8,10-12,22,24-25,27,30-34,44H,9,13-21,23H2,1-4H3/b10-6-/t25-,27+,30+,31-,32+,33+,34+,38-/m0/s1. The van der Waals surface area contributed by atoms with Gasteiger partial charge in [0.15, 0.2) is 0 Å². The number of nitrogens with zero attached hydrogens (tertiary/aromatic N) is 4. The van der Waals surface area contributed by atoms with Gasteiger partial charge in [0, 0.05) is 50.7 Å². The number of likely N-dealkylation sites (N-methyl/N-ethyl adjacent to an activating group) is 1. The summed E-state index contributed by atoms with van der Waals surface area (Å²) >= 11 is 3.64. The molecule has 0 radical (unpaired) electrons. The fourth-order valence-electron chi connectivity index (χ4n) is 8.39. The summed E-state index contributed by atoms with van der Waals surface area (Å²) < 4.78 is 19.2. The molecule has 5 aliphatic heterocycles. The highest BCUT2D eigenvalue weighted by Gasteiger charge is 2.75. The molecule has 1 N–H and O–H groups in total. The smallest absolute Gasteiger partial charge is 0.313 e. The molecule has 5 aliphatic rings. The number of morpholine rings is 1. The highest BCUT2D eigenvalue weighted by molar-refractivity contribution is 9.11. The van der Waals surface area contributed by atoms with Crippen LogP contribution in [0.15, 0.2) is 53.0 Å². The van der Waals surface area contributed by atoms with Gasteiger partial charge in [0.1, 0.15) is 29.8 Å². The van der Waals surface area contributed by atoms with Crippen molar-refractivity contribution in [1.29, 1.82) is 0 Å². The number of carbonyl (C=O) groups is 4. The van der Waals surface area contributed by atoms with E-state index in [1.54, 1.807) is 22.9 Å². The van der Waals surface area contributed by atoms with Crippen LogP contribution in [0, 0.1) is 17.8 Å². The van der Waals surface area contributed by atoms with Crippen LogP contribution in [0.5, 0.6) is 0 Å². The molecule has 278 valence electrons. The van der Waals surface area contributed by atoms with Crippen LogP contribution in [0.25, 0.3) is 0 Å². The van der Waals surface area contributed by atoms with Gasteiger partial charge in [-0.2, -0.15) is 0 Å². The van der Waals surface area contributed by atoms with Crippen LogP contribution in [0.3, 0.4) is 0 Å². The first-order valence-corrected chi connectivity index (χ1v) is 19.0. The van der Waals surface area contributed by atoms with E-state index in [1.165, 1.54) is 4.90 Å². The Kier molecular flexibility index (Phi) is 11.7. The maximum atomic E-state index is 15.1. The van der Waals surface area contributed by atoms with Crippen molar-refractivity contribution in [2.24, 2.45) is 17.8 Å². The van der Waals surface area contributed by atoms with Crippen molar-refractivity contribution in [3.8, 4) is 0 Å². The van der Waals surface area contributed by atoms with Crippen LogP contribution in [0.1, 0.15) is 51.7 Å². The highest BCUT2D eigenvalue weighted by Crippen LogP contribution is 2.59. The Morgan fingerprint density at radius 3 is 2.41 bits per heavy atom. The largest absolute Gasteiger partial charge is 0.455 e. The van der Waals surface area contributed by atoms with E-state index >= 15 is 4.79 Å². The first-order chi connectivity index (χ1) is 24.5. The molecular formula is C38H51BrN4O8. The first kappa shape index (κ1) is 37.7. The Bertz CT molecular complexity index is 1520. The van der Waals surface area contributed by atoms with Gasteiger partial charge < -0.3 is 34.0 Å². The second-order valence-corrected chi connectivity index (χ2v) is 15.7. The summed E-state index contributed by atoms with van der Waals surface area (Å²) in [6.07, 6.45) is 5.10. The van der Waals surface area contributed by atoms with Gasteiger partial charge in [-0.25, -0.2) is 0 Å². The van der Waals surface area contributed by atoms with Gasteiger partial charge in [0.05, 0.1) is 37.8 Å². The van der Waals surface area contributed by atoms with Crippen molar-refractivity contribution in [3.63, 3.8) is 0 Å². The highest BCUT2D eigenvalue weighted by atomic mass is 79.9. The lowest BCUT2D eigenvalue weighted by Crippen LogP contribution is -2.59. The molecule has 1 spiro atoms. The molecule has 0 aliphatic carbocycles. The number of aliphatic hydroxyl groups is 1. The lowest BCUT2D eigenvalue weighted by molar-refractivity contribution is -0.164. The molecule has 13 heteroatoms. The number of cyclic esters (lactones) is 1. The fourth-order valence-corrected chi connectivity index (χ4v) is 9.13. The fraction of sp³-hybridized carbons (Fsp3) is 0.632. The van der Waals surface area contributed by atoms with E-state index in [-0.39, 0.29) is 37.3 Å². The quantitative estimate of drug-likeness (QED) is 0.314. The minimum Gasteiger partial charge on any atom is -0.455 e. The Morgan fingerprint density at radius 2 is 1.73 bits per heavy atom. The maximum absolute atomic E-state index is 15.1. The zero-order valence-electron chi connectivity index (χ0n) is 30.0. The summed E-state index contributed by atoms with van der Waals surface area (Å²) in [5.74, 6) is -3.46. The van der Waals surface area contributed by atoms with E-state index in [9.17, 15) is 19.5 Å². The molecule has 5 bridgehead atoms. The van der Waals surface area contributed by atoms with Crippen molar-refractivity contribution in [2.75, 3.05) is 59.6 Å². The maximum Gasteiger partial charge on any atom is 0.313 e. The summed E-state index contributed by atoms with van der Waals surface area (Å²) in [4.78, 5) is 65.0. The van der Waals surface area contributed by atoms with E-state index in [0.29, 0.717) is 49.2 Å². The predicted octanol–water partition coefficient (Wildman–Crippen LogP) is 2.91. The number of rotatable bonds is 8. The molecule has 0 saturated carbocycles. The Morgan fingerprint density at radius 1 is 1.00 bits per heavy atom. The minimum absolute atomic E-state index is 0.105. The van der Waals surface area contributed by atoms with E-state index in [2.05, 4.69) is 20.8 Å².